The highest BCUT2D eigenvalue weighted by molar-refractivity contribution is 6.36. The molecule has 1 heterocycles. The zero-order valence-corrected chi connectivity index (χ0v) is 17.6. The number of furan rings is 1. The number of carbonyl (C=O) groups excluding carboxylic acids is 1. The molecule has 1 amide bonds. The topological polar surface area (TPSA) is 51.5 Å². The molecule has 29 heavy (non-hydrogen) atoms. The molecule has 0 unspecified atom stereocenters. The van der Waals surface area contributed by atoms with Gasteiger partial charge in [0.15, 0.2) is 0 Å². The Hall–Kier alpha value is -2.46. The Labute approximate surface area is 177 Å². The normalized spacial score (nSPS) is 11.0. The lowest BCUT2D eigenvalue weighted by Gasteiger charge is -2.06. The molecule has 1 N–H and O–H groups in total. The molecule has 0 fully saturated rings. The lowest BCUT2D eigenvalue weighted by Crippen LogP contribution is -2.25. The molecule has 0 spiro atoms. The molecule has 3 rings (SSSR count). The summed E-state index contributed by atoms with van der Waals surface area (Å²) in [4.78, 5) is 11.4. The van der Waals surface area contributed by atoms with Crippen LogP contribution in [0.15, 0.2) is 52.9 Å². The van der Waals surface area contributed by atoms with Crippen LogP contribution >= 0.6 is 11.6 Å². The van der Waals surface area contributed by atoms with Gasteiger partial charge in [0.25, 0.3) is 0 Å². The molecule has 0 aliphatic rings. The zero-order chi connectivity index (χ0) is 20.5. The summed E-state index contributed by atoms with van der Waals surface area (Å²) in [6, 6.07) is 16.6. The van der Waals surface area contributed by atoms with Crippen LogP contribution in [0, 0.1) is 0 Å². The van der Waals surface area contributed by atoms with Crippen molar-refractivity contribution in [1.82, 2.24) is 5.32 Å². The summed E-state index contributed by atoms with van der Waals surface area (Å²) in [5.41, 5.74) is 3.35. The number of hydrogen-bond donors (Lipinski definition) is 1. The second-order valence-electron chi connectivity index (χ2n) is 7.07. The van der Waals surface area contributed by atoms with E-state index in [1.165, 1.54) is 5.56 Å². The van der Waals surface area contributed by atoms with Gasteiger partial charge in [0.2, 0.25) is 0 Å². The van der Waals surface area contributed by atoms with Gasteiger partial charge in [0.1, 0.15) is 11.3 Å². The molecule has 0 aliphatic carbocycles. The van der Waals surface area contributed by atoms with Crippen LogP contribution in [-0.4, -0.2) is 19.2 Å². The van der Waals surface area contributed by atoms with Crippen molar-refractivity contribution in [2.75, 3.05) is 13.2 Å². The van der Waals surface area contributed by atoms with Crippen LogP contribution in [0.2, 0.25) is 5.02 Å². The molecular formula is C24H28ClNO3. The highest BCUT2D eigenvalue weighted by atomic mass is 35.5. The van der Waals surface area contributed by atoms with Gasteiger partial charge in [-0.2, -0.15) is 0 Å². The van der Waals surface area contributed by atoms with Crippen molar-refractivity contribution in [1.29, 1.82) is 0 Å². The minimum absolute atomic E-state index is 0.371. The Bertz CT molecular complexity index is 921. The van der Waals surface area contributed by atoms with Gasteiger partial charge in [-0.1, -0.05) is 54.1 Å². The minimum atomic E-state index is -0.371. The molecule has 154 valence electrons. The summed E-state index contributed by atoms with van der Waals surface area (Å²) in [5.74, 6) is 0.867. The lowest BCUT2D eigenvalue weighted by molar-refractivity contribution is 0.152. The van der Waals surface area contributed by atoms with Gasteiger partial charge in [0.05, 0.1) is 11.6 Å². The number of hydrogen-bond acceptors (Lipinski definition) is 3. The first kappa shape index (κ1) is 21.3. The van der Waals surface area contributed by atoms with Crippen molar-refractivity contribution in [3.63, 3.8) is 0 Å². The number of aryl methyl sites for hydroxylation is 3. The second kappa shape index (κ2) is 10.9. The van der Waals surface area contributed by atoms with E-state index >= 15 is 0 Å². The van der Waals surface area contributed by atoms with E-state index < -0.39 is 0 Å². The van der Waals surface area contributed by atoms with E-state index in [9.17, 15) is 4.79 Å². The monoisotopic (exact) mass is 413 g/mol. The third-order valence-electron chi connectivity index (χ3n) is 4.94. The second-order valence-corrected chi connectivity index (χ2v) is 7.45. The maximum absolute atomic E-state index is 11.4. The number of halogens is 1. The first-order valence-electron chi connectivity index (χ1n) is 10.3. The molecule has 3 aromatic rings. The first-order valence-corrected chi connectivity index (χ1v) is 10.7. The van der Waals surface area contributed by atoms with Crippen molar-refractivity contribution < 1.29 is 13.9 Å². The van der Waals surface area contributed by atoms with Gasteiger partial charge >= 0.3 is 6.09 Å². The summed E-state index contributed by atoms with van der Waals surface area (Å²) < 4.78 is 10.9. The van der Waals surface area contributed by atoms with Crippen LogP contribution in [0.1, 0.15) is 43.1 Å². The van der Waals surface area contributed by atoms with E-state index in [1.54, 1.807) is 6.92 Å². The standard InChI is InChI=1S/C24H28ClNO3/c1-2-28-24(27)26-17-9-14-19-13-8-16-20-22(19)23(25)21(29-20)15-7-6-12-18-10-4-3-5-11-18/h3-5,8,10-11,13,16H,2,6-7,9,12,14-15,17H2,1H3,(H,26,27). The smallest absolute Gasteiger partial charge is 0.407 e. The molecule has 0 atom stereocenters. The Kier molecular flexibility index (Phi) is 8.00. The molecule has 0 saturated carbocycles. The van der Waals surface area contributed by atoms with E-state index in [0.29, 0.717) is 13.2 Å². The summed E-state index contributed by atoms with van der Waals surface area (Å²) in [5, 5.41) is 4.49. The summed E-state index contributed by atoms with van der Waals surface area (Å²) in [6.45, 7) is 2.74. The number of ether oxygens (including phenoxy) is 1. The molecule has 0 saturated heterocycles. The number of amides is 1. The zero-order valence-electron chi connectivity index (χ0n) is 16.9. The number of nitrogens with one attached hydrogen (secondary N) is 1. The number of carbonyl (C=O) groups is 1. The fraction of sp³-hybridized carbons (Fsp3) is 0.375. The average Bonchev–Trinajstić information content (AvgIpc) is 3.06. The van der Waals surface area contributed by atoms with Crippen LogP contribution in [0.25, 0.3) is 11.0 Å². The maximum atomic E-state index is 11.4. The van der Waals surface area contributed by atoms with Crippen LogP contribution in [-0.2, 0) is 24.0 Å². The van der Waals surface area contributed by atoms with E-state index in [-0.39, 0.29) is 6.09 Å². The summed E-state index contributed by atoms with van der Waals surface area (Å²) in [7, 11) is 0. The van der Waals surface area contributed by atoms with E-state index in [1.807, 2.05) is 18.2 Å². The van der Waals surface area contributed by atoms with E-state index in [0.717, 1.165) is 65.8 Å². The first-order chi connectivity index (χ1) is 14.2. The SMILES string of the molecule is CCOC(=O)NCCCc1cccc2oc(CCCCc3ccccc3)c(Cl)c12. The van der Waals surface area contributed by atoms with Crippen LogP contribution in [0.5, 0.6) is 0 Å². The highest BCUT2D eigenvalue weighted by Gasteiger charge is 2.15. The van der Waals surface area contributed by atoms with Crippen LogP contribution in [0.3, 0.4) is 0 Å². The van der Waals surface area contributed by atoms with Gasteiger partial charge in [-0.25, -0.2) is 4.79 Å². The maximum Gasteiger partial charge on any atom is 0.407 e. The number of benzene rings is 2. The lowest BCUT2D eigenvalue weighted by atomic mass is 10.0. The summed E-state index contributed by atoms with van der Waals surface area (Å²) in [6.07, 6.45) is 5.30. The Balaban J connectivity index is 1.55. The summed E-state index contributed by atoms with van der Waals surface area (Å²) >= 11 is 6.68. The molecule has 0 aliphatic heterocycles. The fourth-order valence-corrected chi connectivity index (χ4v) is 3.86. The Morgan fingerprint density at radius 3 is 2.59 bits per heavy atom. The molecule has 0 bridgehead atoms. The van der Waals surface area contributed by atoms with Crippen molar-refractivity contribution >= 4 is 28.7 Å². The largest absolute Gasteiger partial charge is 0.459 e. The highest BCUT2D eigenvalue weighted by Crippen LogP contribution is 2.34. The Morgan fingerprint density at radius 1 is 1.00 bits per heavy atom. The molecular weight excluding hydrogens is 386 g/mol. The third-order valence-corrected chi connectivity index (χ3v) is 5.34. The van der Waals surface area contributed by atoms with Gasteiger partial charge in [-0.05, 0) is 56.2 Å². The molecule has 0 radical (unpaired) electrons. The minimum Gasteiger partial charge on any atom is -0.459 e. The predicted octanol–water partition coefficient (Wildman–Crippen LogP) is 6.33. The van der Waals surface area contributed by atoms with Gasteiger partial charge < -0.3 is 14.5 Å². The van der Waals surface area contributed by atoms with Gasteiger partial charge in [-0.15, -0.1) is 0 Å². The number of alkyl carbamates (subject to hydrolysis) is 1. The van der Waals surface area contributed by atoms with E-state index in [4.69, 9.17) is 20.8 Å². The average molecular weight is 414 g/mol. The van der Waals surface area contributed by atoms with E-state index in [2.05, 4.69) is 35.6 Å². The number of rotatable bonds is 10. The number of unbranched alkanes of at least 4 members (excludes halogenated alkanes) is 1. The fourth-order valence-electron chi connectivity index (χ4n) is 3.51. The van der Waals surface area contributed by atoms with Crippen molar-refractivity contribution in [2.24, 2.45) is 0 Å². The molecule has 5 heteroatoms. The predicted molar refractivity (Wildman–Crippen MR) is 118 cm³/mol. The molecule has 4 nitrogen and oxygen atoms in total. The van der Waals surface area contributed by atoms with Crippen LogP contribution in [0.4, 0.5) is 4.79 Å². The van der Waals surface area contributed by atoms with Crippen molar-refractivity contribution in [3.05, 3.63) is 70.4 Å². The van der Waals surface area contributed by atoms with Gasteiger partial charge in [-0.3, -0.25) is 0 Å². The number of fused-ring (bicyclic) bond motifs is 1. The molecule has 2 aromatic carbocycles. The molecule has 1 aromatic heterocycles. The van der Waals surface area contributed by atoms with Crippen molar-refractivity contribution in [2.45, 2.75) is 45.4 Å². The Morgan fingerprint density at radius 2 is 1.79 bits per heavy atom. The van der Waals surface area contributed by atoms with Gasteiger partial charge in [0, 0.05) is 18.4 Å². The van der Waals surface area contributed by atoms with Crippen LogP contribution < -0.4 is 5.32 Å². The third kappa shape index (κ3) is 6.01. The van der Waals surface area contributed by atoms with Crippen molar-refractivity contribution in [3.8, 4) is 0 Å². The quantitative estimate of drug-likeness (QED) is 0.395.